The van der Waals surface area contributed by atoms with Gasteiger partial charge in [0.25, 0.3) is 5.91 Å². The molecular weight excluding hydrogens is 424 g/mol. The van der Waals surface area contributed by atoms with E-state index in [0.717, 1.165) is 66.8 Å². The van der Waals surface area contributed by atoms with Crippen molar-refractivity contribution < 1.29 is 14.3 Å². The lowest BCUT2D eigenvalue weighted by Crippen LogP contribution is -2.46. The van der Waals surface area contributed by atoms with E-state index in [9.17, 15) is 9.59 Å². The van der Waals surface area contributed by atoms with Crippen molar-refractivity contribution in [3.8, 4) is 5.75 Å². The Morgan fingerprint density at radius 3 is 2.29 bits per heavy atom. The van der Waals surface area contributed by atoms with Gasteiger partial charge in [-0.05, 0) is 80.9 Å². The maximum atomic E-state index is 12.8. The van der Waals surface area contributed by atoms with Crippen molar-refractivity contribution in [2.24, 2.45) is 0 Å². The molecule has 5 heteroatoms. The first-order valence-electron chi connectivity index (χ1n) is 12.7. The molecular formula is C29H36N2O3. The summed E-state index contributed by atoms with van der Waals surface area (Å²) in [6.45, 7) is 9.29. The van der Waals surface area contributed by atoms with Crippen molar-refractivity contribution in [1.82, 2.24) is 10.2 Å². The second kappa shape index (κ2) is 10.6. The van der Waals surface area contributed by atoms with E-state index in [4.69, 9.17) is 4.74 Å². The van der Waals surface area contributed by atoms with Crippen LogP contribution in [-0.2, 0) is 0 Å². The van der Waals surface area contributed by atoms with Gasteiger partial charge in [0.1, 0.15) is 11.4 Å². The van der Waals surface area contributed by atoms with Crippen molar-refractivity contribution in [3.63, 3.8) is 0 Å². The van der Waals surface area contributed by atoms with Gasteiger partial charge in [0.05, 0.1) is 0 Å². The van der Waals surface area contributed by atoms with E-state index in [1.54, 1.807) is 0 Å². The Bertz CT molecular complexity index is 1060. The van der Waals surface area contributed by atoms with Gasteiger partial charge in [-0.15, -0.1) is 0 Å². The Morgan fingerprint density at radius 2 is 1.65 bits per heavy atom. The van der Waals surface area contributed by atoms with Crippen molar-refractivity contribution >= 4 is 17.3 Å². The zero-order valence-corrected chi connectivity index (χ0v) is 20.7. The zero-order valence-electron chi connectivity index (χ0n) is 20.7. The number of hydrogen-bond donors (Lipinski definition) is 1. The predicted octanol–water partition coefficient (Wildman–Crippen LogP) is 5.49. The van der Waals surface area contributed by atoms with E-state index in [-0.39, 0.29) is 17.3 Å². The smallest absolute Gasteiger partial charge is 0.253 e. The topological polar surface area (TPSA) is 58.6 Å². The summed E-state index contributed by atoms with van der Waals surface area (Å²) >= 11 is 0. The fraction of sp³-hybridized carbons (Fsp3) is 0.448. The number of Topliss-reactive ketones (excluding diaryl/α,β-unsaturated/α-hetero) is 1. The lowest BCUT2D eigenvalue weighted by molar-refractivity contribution is 0.0772. The van der Waals surface area contributed by atoms with Gasteiger partial charge < -0.3 is 15.0 Å². The minimum absolute atomic E-state index is 0.0524. The third kappa shape index (κ3) is 4.95. The van der Waals surface area contributed by atoms with Crippen molar-refractivity contribution in [2.75, 3.05) is 26.2 Å². The molecule has 180 valence electrons. The molecule has 34 heavy (non-hydrogen) atoms. The molecule has 2 aromatic rings. The van der Waals surface area contributed by atoms with Crippen molar-refractivity contribution in [2.45, 2.75) is 58.5 Å². The quantitative estimate of drug-likeness (QED) is 0.530. The number of nitrogens with one attached hydrogen (secondary N) is 1. The number of hydrogen-bond acceptors (Lipinski definition) is 4. The van der Waals surface area contributed by atoms with E-state index < -0.39 is 0 Å². The molecule has 1 amide bonds. The van der Waals surface area contributed by atoms with Crippen molar-refractivity contribution in [1.29, 1.82) is 0 Å². The second-order valence-corrected chi connectivity index (χ2v) is 9.27. The lowest BCUT2D eigenvalue weighted by atomic mass is 9.82. The van der Waals surface area contributed by atoms with Crippen LogP contribution in [0.4, 0.5) is 0 Å². The summed E-state index contributed by atoms with van der Waals surface area (Å²) in [6.07, 6.45) is 6.50. The highest BCUT2D eigenvalue weighted by atomic mass is 16.5. The summed E-state index contributed by atoms with van der Waals surface area (Å²) in [5, 5.41) is 3.42. The summed E-state index contributed by atoms with van der Waals surface area (Å²) in [5.41, 5.74) is 4.15. The fourth-order valence-corrected chi connectivity index (χ4v) is 4.89. The number of ether oxygens (including phenoxy) is 1. The van der Waals surface area contributed by atoms with Crippen LogP contribution in [0.5, 0.6) is 5.75 Å². The monoisotopic (exact) mass is 460 g/mol. The molecule has 0 unspecified atom stereocenters. The average Bonchev–Trinajstić information content (AvgIpc) is 2.87. The summed E-state index contributed by atoms with van der Waals surface area (Å²) in [6, 6.07) is 13.7. The molecule has 0 radical (unpaired) electrons. The SMILES string of the molecule is CCCCC(=O)c1ccc2c(c1)C(c1ccc(C(=O)N(CC)CC)cc1)=CC1(CCNCC1)O2. The van der Waals surface area contributed by atoms with E-state index >= 15 is 0 Å². The molecule has 0 atom stereocenters. The van der Waals surface area contributed by atoms with Crippen LogP contribution < -0.4 is 10.1 Å². The molecule has 5 nitrogen and oxygen atoms in total. The first-order chi connectivity index (χ1) is 16.5. The molecule has 1 spiro atoms. The van der Waals surface area contributed by atoms with Gasteiger partial charge in [-0.25, -0.2) is 0 Å². The number of ketones is 1. The van der Waals surface area contributed by atoms with E-state index in [1.807, 2.05) is 61.2 Å². The first kappa shape index (κ1) is 24.2. The number of rotatable bonds is 8. The summed E-state index contributed by atoms with van der Waals surface area (Å²) in [4.78, 5) is 27.4. The number of fused-ring (bicyclic) bond motifs is 1. The maximum absolute atomic E-state index is 12.8. The highest BCUT2D eigenvalue weighted by molar-refractivity contribution is 5.99. The molecule has 2 heterocycles. The normalized spacial score (nSPS) is 16.4. The molecule has 1 fully saturated rings. The molecule has 2 aromatic carbocycles. The number of unbranched alkanes of at least 4 members (excludes halogenated alkanes) is 1. The molecule has 2 aliphatic heterocycles. The van der Waals surface area contributed by atoms with Gasteiger partial charge in [-0.2, -0.15) is 0 Å². The van der Waals surface area contributed by atoms with Crippen LogP contribution in [-0.4, -0.2) is 48.4 Å². The van der Waals surface area contributed by atoms with Crippen LogP contribution in [0.3, 0.4) is 0 Å². The van der Waals surface area contributed by atoms with Crippen LogP contribution in [0.25, 0.3) is 5.57 Å². The predicted molar refractivity (Wildman–Crippen MR) is 137 cm³/mol. The second-order valence-electron chi connectivity index (χ2n) is 9.27. The molecule has 4 rings (SSSR count). The van der Waals surface area contributed by atoms with Crippen LogP contribution in [0.1, 0.15) is 84.7 Å². The summed E-state index contributed by atoms with van der Waals surface area (Å²) in [7, 11) is 0. The number of nitrogens with zero attached hydrogens (tertiary/aromatic N) is 1. The number of carbonyl (C=O) groups is 2. The number of carbonyl (C=O) groups excluding carboxylic acids is 2. The number of amides is 1. The Balaban J connectivity index is 1.73. The Labute approximate surface area is 203 Å². The molecule has 0 saturated carbocycles. The van der Waals surface area contributed by atoms with Gasteiger partial charge in [0.2, 0.25) is 0 Å². The summed E-state index contributed by atoms with van der Waals surface area (Å²) < 4.78 is 6.56. The van der Waals surface area contributed by atoms with Gasteiger partial charge in [0, 0.05) is 49.0 Å². The molecule has 0 aromatic heterocycles. The molecule has 1 saturated heterocycles. The Kier molecular flexibility index (Phi) is 7.52. The van der Waals surface area contributed by atoms with Gasteiger partial charge >= 0.3 is 0 Å². The largest absolute Gasteiger partial charge is 0.482 e. The number of benzene rings is 2. The molecule has 2 aliphatic rings. The van der Waals surface area contributed by atoms with E-state index in [0.29, 0.717) is 25.1 Å². The van der Waals surface area contributed by atoms with Gasteiger partial charge in [-0.1, -0.05) is 25.5 Å². The van der Waals surface area contributed by atoms with E-state index in [1.165, 1.54) is 0 Å². The highest BCUT2D eigenvalue weighted by Gasteiger charge is 2.37. The lowest BCUT2D eigenvalue weighted by Gasteiger charge is -2.40. The standard InChI is InChI=1S/C29H36N2O3/c1-4-7-8-26(32)23-13-14-27-24(19-23)25(20-29(34-27)15-17-30-18-16-29)21-9-11-22(12-10-21)28(33)31(5-2)6-3/h9-14,19-20,30H,4-8,15-18H2,1-3H3. The third-order valence-electron chi connectivity index (χ3n) is 7.01. The molecule has 0 aliphatic carbocycles. The average molecular weight is 461 g/mol. The van der Waals surface area contributed by atoms with Crippen LogP contribution in [0.2, 0.25) is 0 Å². The Morgan fingerprint density at radius 1 is 0.971 bits per heavy atom. The van der Waals surface area contributed by atoms with Gasteiger partial charge in [0.15, 0.2) is 5.78 Å². The molecule has 1 N–H and O–H groups in total. The van der Waals surface area contributed by atoms with Gasteiger partial charge in [-0.3, -0.25) is 9.59 Å². The third-order valence-corrected chi connectivity index (χ3v) is 7.01. The maximum Gasteiger partial charge on any atom is 0.253 e. The fourth-order valence-electron chi connectivity index (χ4n) is 4.89. The number of piperidine rings is 1. The zero-order chi connectivity index (χ0) is 24.1. The Hall–Kier alpha value is -2.92. The minimum atomic E-state index is -0.350. The van der Waals surface area contributed by atoms with Crippen LogP contribution in [0, 0.1) is 0 Å². The van der Waals surface area contributed by atoms with E-state index in [2.05, 4.69) is 18.3 Å². The van der Waals surface area contributed by atoms with Crippen LogP contribution in [0.15, 0.2) is 48.5 Å². The minimum Gasteiger partial charge on any atom is -0.482 e. The van der Waals surface area contributed by atoms with Crippen molar-refractivity contribution in [3.05, 3.63) is 70.8 Å². The highest BCUT2D eigenvalue weighted by Crippen LogP contribution is 2.43. The first-order valence-corrected chi connectivity index (χ1v) is 12.7. The van der Waals surface area contributed by atoms with Crippen LogP contribution >= 0.6 is 0 Å². The summed E-state index contributed by atoms with van der Waals surface area (Å²) in [5.74, 6) is 1.05. The molecule has 0 bridgehead atoms.